The molecule has 0 spiro atoms. The number of hydrogen-bond acceptors (Lipinski definition) is 4. The topological polar surface area (TPSA) is 115 Å². The van der Waals surface area contributed by atoms with E-state index >= 15 is 0 Å². The molecule has 8 heteroatoms. The van der Waals surface area contributed by atoms with Gasteiger partial charge < -0.3 is 20.7 Å². The molecule has 1 fully saturated rings. The summed E-state index contributed by atoms with van der Waals surface area (Å²) in [7, 11) is 0. The van der Waals surface area contributed by atoms with Crippen molar-refractivity contribution in [2.45, 2.75) is 31.7 Å². The van der Waals surface area contributed by atoms with E-state index in [0.717, 1.165) is 22.0 Å². The molecule has 0 radical (unpaired) electrons. The van der Waals surface area contributed by atoms with E-state index in [9.17, 15) is 19.5 Å². The lowest BCUT2D eigenvalue weighted by Crippen LogP contribution is -2.34. The molecule has 1 aromatic heterocycles. The number of imide groups is 1. The number of aromatic nitrogens is 1. The number of carbonyl (C=O) groups is 3. The first-order chi connectivity index (χ1) is 15.5. The Balaban J connectivity index is 1.22. The van der Waals surface area contributed by atoms with Crippen LogP contribution in [0.3, 0.4) is 0 Å². The van der Waals surface area contributed by atoms with Crippen molar-refractivity contribution in [1.29, 1.82) is 0 Å². The first-order valence-corrected chi connectivity index (χ1v) is 10.7. The Bertz CT molecular complexity index is 1120. The first-order valence-electron chi connectivity index (χ1n) is 10.7. The predicted octanol–water partition coefficient (Wildman–Crippen LogP) is 2.48. The summed E-state index contributed by atoms with van der Waals surface area (Å²) in [6.45, 7) is 0.757. The van der Waals surface area contributed by atoms with E-state index in [1.165, 1.54) is 4.90 Å². The minimum absolute atomic E-state index is 0.155. The molecule has 0 saturated carbocycles. The van der Waals surface area contributed by atoms with Crippen LogP contribution >= 0.6 is 0 Å². The molecule has 1 unspecified atom stereocenters. The molecule has 1 aliphatic heterocycles. The second-order valence-corrected chi connectivity index (χ2v) is 7.91. The van der Waals surface area contributed by atoms with Gasteiger partial charge in [-0.15, -0.1) is 0 Å². The van der Waals surface area contributed by atoms with Gasteiger partial charge in [-0.2, -0.15) is 0 Å². The molecule has 32 heavy (non-hydrogen) atoms. The molecule has 8 nitrogen and oxygen atoms in total. The van der Waals surface area contributed by atoms with Gasteiger partial charge in [-0.05, 0) is 48.6 Å². The van der Waals surface area contributed by atoms with Crippen LogP contribution in [0.15, 0.2) is 54.7 Å². The second-order valence-electron chi connectivity index (χ2n) is 7.91. The van der Waals surface area contributed by atoms with Crippen molar-refractivity contribution in [1.82, 2.24) is 20.5 Å². The van der Waals surface area contributed by atoms with Crippen LogP contribution in [-0.2, 0) is 22.4 Å². The maximum atomic E-state index is 12.7. The van der Waals surface area contributed by atoms with Gasteiger partial charge in [0, 0.05) is 36.6 Å². The van der Waals surface area contributed by atoms with Crippen molar-refractivity contribution in [2.24, 2.45) is 0 Å². The number of aromatic hydroxyl groups is 1. The normalized spacial score (nSPS) is 15.9. The highest BCUT2D eigenvalue weighted by Gasteiger charge is 2.37. The third-order valence-electron chi connectivity index (χ3n) is 5.72. The summed E-state index contributed by atoms with van der Waals surface area (Å²) in [6.07, 6.45) is 3.53. The maximum absolute atomic E-state index is 12.7. The number of rotatable bonds is 9. The highest BCUT2D eigenvalue weighted by atomic mass is 16.3. The Morgan fingerprint density at radius 1 is 1.06 bits per heavy atom. The third-order valence-corrected chi connectivity index (χ3v) is 5.72. The molecule has 4 rings (SSSR count). The van der Waals surface area contributed by atoms with E-state index < -0.39 is 12.1 Å². The number of fused-ring (bicyclic) bond motifs is 1. The molecular weight excluding hydrogens is 408 g/mol. The number of hydrogen-bond donors (Lipinski definition) is 4. The second kappa shape index (κ2) is 9.55. The van der Waals surface area contributed by atoms with E-state index in [2.05, 4.69) is 15.6 Å². The van der Waals surface area contributed by atoms with Crippen LogP contribution in [0.25, 0.3) is 10.9 Å². The van der Waals surface area contributed by atoms with E-state index in [1.807, 2.05) is 30.5 Å². The standard InChI is InChI=1S/C24H26N4O4/c29-18-7-5-16(6-8-18)11-13-25-22(30)10-9-21-23(31)28(24(32)27-21)14-12-17-15-26-20-4-2-1-3-19(17)20/h1-8,15,21,26,29H,9-14H2,(H,25,30)(H,27,32). The number of phenols is 1. The van der Waals surface area contributed by atoms with Gasteiger partial charge in [0.15, 0.2) is 0 Å². The summed E-state index contributed by atoms with van der Waals surface area (Å²) >= 11 is 0. The molecule has 0 bridgehead atoms. The summed E-state index contributed by atoms with van der Waals surface area (Å²) in [6, 6.07) is 13.6. The molecule has 1 aliphatic rings. The molecule has 166 valence electrons. The molecule has 4 N–H and O–H groups in total. The first kappa shape index (κ1) is 21.4. The number of carbonyl (C=O) groups excluding carboxylic acids is 3. The molecule has 2 aromatic carbocycles. The Kier molecular flexibility index (Phi) is 6.39. The van der Waals surface area contributed by atoms with Crippen molar-refractivity contribution < 1.29 is 19.5 Å². The lowest BCUT2D eigenvalue weighted by Gasteiger charge is -2.12. The number of aromatic amines is 1. The lowest BCUT2D eigenvalue weighted by molar-refractivity contribution is -0.127. The highest BCUT2D eigenvalue weighted by Crippen LogP contribution is 2.19. The lowest BCUT2D eigenvalue weighted by atomic mass is 10.1. The van der Waals surface area contributed by atoms with E-state index in [0.29, 0.717) is 25.9 Å². The average molecular weight is 434 g/mol. The fraction of sp³-hybridized carbons (Fsp3) is 0.292. The van der Waals surface area contributed by atoms with Crippen LogP contribution in [-0.4, -0.2) is 52.0 Å². The summed E-state index contributed by atoms with van der Waals surface area (Å²) in [5.41, 5.74) is 3.08. The fourth-order valence-corrected chi connectivity index (χ4v) is 3.93. The van der Waals surface area contributed by atoms with Crippen molar-refractivity contribution in [3.63, 3.8) is 0 Å². The van der Waals surface area contributed by atoms with Crippen LogP contribution in [0.2, 0.25) is 0 Å². The Hall–Kier alpha value is -3.81. The van der Waals surface area contributed by atoms with Gasteiger partial charge in [-0.25, -0.2) is 4.79 Å². The fourth-order valence-electron chi connectivity index (χ4n) is 3.93. The van der Waals surface area contributed by atoms with Gasteiger partial charge in [0.1, 0.15) is 11.8 Å². The minimum atomic E-state index is -0.673. The quantitative estimate of drug-likeness (QED) is 0.387. The zero-order valence-corrected chi connectivity index (χ0v) is 17.6. The van der Waals surface area contributed by atoms with Crippen LogP contribution in [0.1, 0.15) is 24.0 Å². The Labute approximate surface area is 185 Å². The van der Waals surface area contributed by atoms with Gasteiger partial charge in [-0.3, -0.25) is 14.5 Å². The van der Waals surface area contributed by atoms with Gasteiger partial charge in [0.2, 0.25) is 5.91 Å². The Morgan fingerprint density at radius 3 is 2.66 bits per heavy atom. The summed E-state index contributed by atoms with van der Waals surface area (Å²) < 4.78 is 0. The number of urea groups is 1. The average Bonchev–Trinajstić information content (AvgIpc) is 3.32. The SMILES string of the molecule is O=C(CCC1NC(=O)N(CCc2c[nH]c3ccccc23)C1=O)NCCc1ccc(O)cc1. The summed E-state index contributed by atoms with van der Waals surface area (Å²) in [4.78, 5) is 41.5. The van der Waals surface area contributed by atoms with Crippen molar-refractivity contribution in [3.05, 3.63) is 65.9 Å². The number of benzene rings is 2. The molecule has 3 aromatic rings. The summed E-state index contributed by atoms with van der Waals surface area (Å²) in [5.74, 6) is -0.244. The molecule has 2 heterocycles. The number of nitrogens with zero attached hydrogens (tertiary/aromatic N) is 1. The monoisotopic (exact) mass is 434 g/mol. The molecule has 1 saturated heterocycles. The van der Waals surface area contributed by atoms with E-state index in [4.69, 9.17) is 0 Å². The van der Waals surface area contributed by atoms with Crippen molar-refractivity contribution >= 4 is 28.7 Å². The number of amides is 4. The molecule has 4 amide bonds. The highest BCUT2D eigenvalue weighted by molar-refractivity contribution is 6.04. The molecular formula is C24H26N4O4. The third kappa shape index (κ3) is 4.91. The predicted molar refractivity (Wildman–Crippen MR) is 120 cm³/mol. The van der Waals surface area contributed by atoms with E-state index in [1.54, 1.807) is 24.3 Å². The molecule has 1 atom stereocenters. The number of phenolic OH excluding ortho intramolecular Hbond substituents is 1. The van der Waals surface area contributed by atoms with Crippen molar-refractivity contribution in [2.75, 3.05) is 13.1 Å². The summed E-state index contributed by atoms with van der Waals surface area (Å²) in [5, 5.41) is 15.9. The van der Waals surface area contributed by atoms with Gasteiger partial charge in [-0.1, -0.05) is 30.3 Å². The van der Waals surface area contributed by atoms with Crippen LogP contribution in [0, 0.1) is 0 Å². The number of nitrogens with one attached hydrogen (secondary N) is 3. The van der Waals surface area contributed by atoms with Crippen LogP contribution in [0.5, 0.6) is 5.75 Å². The van der Waals surface area contributed by atoms with Crippen LogP contribution < -0.4 is 10.6 Å². The van der Waals surface area contributed by atoms with Crippen LogP contribution in [0.4, 0.5) is 4.79 Å². The number of para-hydroxylation sites is 1. The van der Waals surface area contributed by atoms with Gasteiger partial charge >= 0.3 is 6.03 Å². The minimum Gasteiger partial charge on any atom is -0.508 e. The maximum Gasteiger partial charge on any atom is 0.324 e. The van der Waals surface area contributed by atoms with Gasteiger partial charge in [0.25, 0.3) is 5.91 Å². The van der Waals surface area contributed by atoms with Crippen molar-refractivity contribution in [3.8, 4) is 5.75 Å². The smallest absolute Gasteiger partial charge is 0.324 e. The zero-order chi connectivity index (χ0) is 22.5. The Morgan fingerprint density at radius 2 is 1.84 bits per heavy atom. The van der Waals surface area contributed by atoms with E-state index in [-0.39, 0.29) is 30.4 Å². The largest absolute Gasteiger partial charge is 0.508 e. The number of H-pyrrole nitrogens is 1. The zero-order valence-electron chi connectivity index (χ0n) is 17.6. The molecule has 0 aliphatic carbocycles. The van der Waals surface area contributed by atoms with Gasteiger partial charge in [0.05, 0.1) is 0 Å².